The number of thiophene rings is 1. The summed E-state index contributed by atoms with van der Waals surface area (Å²) in [5.41, 5.74) is 1.54. The molecular weight excluding hydrogens is 451 g/mol. The van der Waals surface area contributed by atoms with Crippen molar-refractivity contribution in [3.05, 3.63) is 87.9 Å². The molecule has 0 saturated heterocycles. The monoisotopic (exact) mass is 478 g/mol. The van der Waals surface area contributed by atoms with Gasteiger partial charge in [-0.1, -0.05) is 31.0 Å². The number of anilines is 1. The minimum absolute atomic E-state index is 0.0600. The molecule has 1 heterocycles. The van der Waals surface area contributed by atoms with Crippen LogP contribution in [0.2, 0.25) is 0 Å². The largest absolute Gasteiger partial charge is 0.351 e. The average molecular weight is 479 g/mol. The SMILES string of the molecule is CC(=O)c1ccc(N(C(=O)Cc2cccs2)[C@H](C(=O)NC2CCCC2)c2ccc(F)cc2)cc1. The zero-order chi connectivity index (χ0) is 24.1. The number of Topliss-reactive ketones (excluding diaryl/α,β-unsaturated/α-hetero) is 1. The van der Waals surface area contributed by atoms with E-state index >= 15 is 0 Å². The van der Waals surface area contributed by atoms with Crippen molar-refractivity contribution in [2.24, 2.45) is 0 Å². The normalized spacial score (nSPS) is 14.5. The van der Waals surface area contributed by atoms with E-state index in [0.29, 0.717) is 16.8 Å². The first-order chi connectivity index (χ1) is 16.4. The molecule has 1 saturated carbocycles. The van der Waals surface area contributed by atoms with Gasteiger partial charge in [-0.25, -0.2) is 4.39 Å². The molecule has 0 unspecified atom stereocenters. The second-order valence-corrected chi connectivity index (χ2v) is 9.60. The molecule has 1 fully saturated rings. The lowest BCUT2D eigenvalue weighted by atomic mass is 10.0. The van der Waals surface area contributed by atoms with Crippen molar-refractivity contribution in [3.63, 3.8) is 0 Å². The summed E-state index contributed by atoms with van der Waals surface area (Å²) >= 11 is 1.47. The predicted molar refractivity (Wildman–Crippen MR) is 131 cm³/mol. The van der Waals surface area contributed by atoms with Crippen molar-refractivity contribution in [3.8, 4) is 0 Å². The Hall–Kier alpha value is -3.32. The summed E-state index contributed by atoms with van der Waals surface area (Å²) in [6.45, 7) is 1.48. The molecule has 2 aromatic carbocycles. The minimum Gasteiger partial charge on any atom is -0.351 e. The third-order valence-corrected chi connectivity index (χ3v) is 7.00. The number of nitrogens with zero attached hydrogens (tertiary/aromatic N) is 1. The Morgan fingerprint density at radius 3 is 2.29 bits per heavy atom. The topological polar surface area (TPSA) is 66.5 Å². The lowest BCUT2D eigenvalue weighted by molar-refractivity contribution is -0.127. The van der Waals surface area contributed by atoms with Crippen LogP contribution < -0.4 is 10.2 Å². The first kappa shape index (κ1) is 23.8. The van der Waals surface area contributed by atoms with E-state index in [4.69, 9.17) is 0 Å². The number of benzene rings is 2. The number of halogens is 1. The second kappa shape index (κ2) is 10.7. The molecule has 3 aromatic rings. The molecule has 0 bridgehead atoms. The fraction of sp³-hybridized carbons (Fsp3) is 0.296. The fourth-order valence-corrected chi connectivity index (χ4v) is 5.05. The van der Waals surface area contributed by atoms with Crippen LogP contribution in [0.4, 0.5) is 10.1 Å². The smallest absolute Gasteiger partial charge is 0.248 e. The van der Waals surface area contributed by atoms with Crippen LogP contribution in [0.5, 0.6) is 0 Å². The van der Waals surface area contributed by atoms with Gasteiger partial charge in [0.25, 0.3) is 0 Å². The first-order valence-electron chi connectivity index (χ1n) is 11.4. The maximum atomic E-state index is 13.7. The summed E-state index contributed by atoms with van der Waals surface area (Å²) in [7, 11) is 0. The highest BCUT2D eigenvalue weighted by molar-refractivity contribution is 7.10. The lowest BCUT2D eigenvalue weighted by Gasteiger charge is -2.32. The summed E-state index contributed by atoms with van der Waals surface area (Å²) in [4.78, 5) is 41.4. The van der Waals surface area contributed by atoms with E-state index in [9.17, 15) is 18.8 Å². The average Bonchev–Trinajstić information content (AvgIpc) is 3.52. The molecule has 0 aliphatic heterocycles. The maximum absolute atomic E-state index is 13.7. The van der Waals surface area contributed by atoms with Crippen molar-refractivity contribution in [2.75, 3.05) is 4.90 Å². The standard InChI is InChI=1S/C27H27FN2O3S/c1-18(31)19-10-14-23(15-11-19)30(25(32)17-24-7-4-16-34-24)26(20-8-12-21(28)13-9-20)27(33)29-22-5-2-3-6-22/h4,7-16,22,26H,2-3,5-6,17H2,1H3,(H,29,33)/t26-/m0/s1. The molecule has 34 heavy (non-hydrogen) atoms. The Kier molecular flexibility index (Phi) is 7.53. The quantitative estimate of drug-likeness (QED) is 0.437. The molecule has 0 radical (unpaired) electrons. The third kappa shape index (κ3) is 5.59. The molecule has 7 heteroatoms. The lowest BCUT2D eigenvalue weighted by Crippen LogP contribution is -2.46. The van der Waals surface area contributed by atoms with E-state index in [1.807, 2.05) is 17.5 Å². The number of carbonyl (C=O) groups is 3. The number of ketones is 1. The summed E-state index contributed by atoms with van der Waals surface area (Å²) < 4.78 is 13.7. The summed E-state index contributed by atoms with van der Waals surface area (Å²) in [6.07, 6.45) is 4.04. The Morgan fingerprint density at radius 2 is 1.71 bits per heavy atom. The number of nitrogens with one attached hydrogen (secondary N) is 1. The molecular formula is C27H27FN2O3S. The number of hydrogen-bond acceptors (Lipinski definition) is 4. The van der Waals surface area contributed by atoms with Gasteiger partial charge >= 0.3 is 0 Å². The molecule has 1 aliphatic rings. The second-order valence-electron chi connectivity index (χ2n) is 8.57. The van der Waals surface area contributed by atoms with Crippen LogP contribution in [0.1, 0.15) is 59.4 Å². The molecule has 2 amide bonds. The highest BCUT2D eigenvalue weighted by atomic mass is 32.1. The zero-order valence-corrected chi connectivity index (χ0v) is 19.8. The van der Waals surface area contributed by atoms with Crippen molar-refractivity contribution in [2.45, 2.75) is 51.1 Å². The van der Waals surface area contributed by atoms with Crippen LogP contribution in [-0.4, -0.2) is 23.6 Å². The van der Waals surface area contributed by atoms with Crippen LogP contribution in [-0.2, 0) is 16.0 Å². The van der Waals surface area contributed by atoms with Gasteiger partial charge in [-0.15, -0.1) is 11.3 Å². The van der Waals surface area contributed by atoms with Gasteiger partial charge in [0.2, 0.25) is 11.8 Å². The summed E-state index contributed by atoms with van der Waals surface area (Å²) in [6, 6.07) is 15.2. The van der Waals surface area contributed by atoms with Crippen LogP contribution in [0.15, 0.2) is 66.0 Å². The summed E-state index contributed by atoms with van der Waals surface area (Å²) in [5, 5.41) is 5.01. The van der Waals surface area contributed by atoms with Crippen molar-refractivity contribution >= 4 is 34.6 Å². The van der Waals surface area contributed by atoms with E-state index in [-0.39, 0.29) is 30.1 Å². The van der Waals surface area contributed by atoms with Crippen molar-refractivity contribution in [1.82, 2.24) is 5.32 Å². The third-order valence-electron chi connectivity index (χ3n) is 6.12. The van der Waals surface area contributed by atoms with Gasteiger partial charge in [0.15, 0.2) is 5.78 Å². The van der Waals surface area contributed by atoms with E-state index in [1.54, 1.807) is 36.4 Å². The number of hydrogen-bond donors (Lipinski definition) is 1. The van der Waals surface area contributed by atoms with Crippen molar-refractivity contribution < 1.29 is 18.8 Å². The van der Waals surface area contributed by atoms with Gasteiger partial charge in [-0.3, -0.25) is 19.3 Å². The first-order valence-corrected chi connectivity index (χ1v) is 12.3. The molecule has 176 valence electrons. The molecule has 4 rings (SSSR count). The van der Waals surface area contributed by atoms with E-state index in [2.05, 4.69) is 5.32 Å². The van der Waals surface area contributed by atoms with Gasteiger partial charge < -0.3 is 5.32 Å². The Bertz CT molecular complexity index is 1140. The van der Waals surface area contributed by atoms with Crippen molar-refractivity contribution in [1.29, 1.82) is 0 Å². The minimum atomic E-state index is -0.975. The Morgan fingerprint density at radius 1 is 1.03 bits per heavy atom. The van der Waals surface area contributed by atoms with Gasteiger partial charge in [0, 0.05) is 22.2 Å². The van der Waals surface area contributed by atoms with E-state index < -0.39 is 11.9 Å². The molecule has 1 aromatic heterocycles. The molecule has 1 aliphatic carbocycles. The van der Waals surface area contributed by atoms with Crippen LogP contribution in [0, 0.1) is 5.82 Å². The van der Waals surface area contributed by atoms with E-state index in [1.165, 1.54) is 35.3 Å². The molecule has 0 spiro atoms. The summed E-state index contributed by atoms with van der Waals surface area (Å²) in [5.74, 6) is -1.05. The Balaban J connectivity index is 1.76. The van der Waals surface area contributed by atoms with Gasteiger partial charge in [0.1, 0.15) is 11.9 Å². The van der Waals surface area contributed by atoms with Gasteiger partial charge in [-0.2, -0.15) is 0 Å². The highest BCUT2D eigenvalue weighted by Crippen LogP contribution is 2.31. The van der Waals surface area contributed by atoms with Crippen LogP contribution >= 0.6 is 11.3 Å². The molecule has 5 nitrogen and oxygen atoms in total. The van der Waals surface area contributed by atoms with Gasteiger partial charge in [-0.05, 0) is 73.2 Å². The Labute approximate surface area is 202 Å². The maximum Gasteiger partial charge on any atom is 0.248 e. The zero-order valence-electron chi connectivity index (χ0n) is 19.0. The van der Waals surface area contributed by atoms with Crippen LogP contribution in [0.3, 0.4) is 0 Å². The number of amides is 2. The highest BCUT2D eigenvalue weighted by Gasteiger charge is 2.34. The molecule has 1 N–H and O–H groups in total. The van der Waals surface area contributed by atoms with Gasteiger partial charge in [0.05, 0.1) is 6.42 Å². The van der Waals surface area contributed by atoms with Crippen LogP contribution in [0.25, 0.3) is 0 Å². The number of rotatable bonds is 8. The number of carbonyl (C=O) groups excluding carboxylic acids is 3. The fourth-order valence-electron chi connectivity index (χ4n) is 4.35. The molecule has 1 atom stereocenters. The predicted octanol–water partition coefficient (Wildman–Crippen LogP) is 5.47. The van der Waals surface area contributed by atoms with E-state index in [0.717, 1.165) is 30.6 Å².